The van der Waals surface area contributed by atoms with E-state index in [2.05, 4.69) is 43.4 Å². The minimum absolute atomic E-state index is 0.00530. The molecule has 2 aromatic carbocycles. The summed E-state index contributed by atoms with van der Waals surface area (Å²) in [5.41, 5.74) is 4.00. The van der Waals surface area contributed by atoms with Crippen molar-refractivity contribution < 1.29 is 23.4 Å². The number of aliphatic hydroxyl groups is 1. The molecule has 1 aliphatic rings. The van der Waals surface area contributed by atoms with Gasteiger partial charge in [-0.2, -0.15) is 4.31 Å². The zero-order valence-electron chi connectivity index (χ0n) is 21.1. The predicted molar refractivity (Wildman–Crippen MR) is 137 cm³/mol. The molecule has 0 bridgehead atoms. The Labute approximate surface area is 209 Å². The first-order valence-corrected chi connectivity index (χ1v) is 13.6. The van der Waals surface area contributed by atoms with E-state index in [0.29, 0.717) is 24.4 Å². The number of nitrogens with one attached hydrogen (secondary N) is 1. The summed E-state index contributed by atoms with van der Waals surface area (Å²) in [6.07, 6.45) is 2.59. The van der Waals surface area contributed by atoms with E-state index in [1.807, 2.05) is 0 Å². The van der Waals surface area contributed by atoms with Gasteiger partial charge >= 0.3 is 5.97 Å². The van der Waals surface area contributed by atoms with E-state index < -0.39 is 22.1 Å². The number of hydrogen-bond acceptors (Lipinski definition) is 5. The minimum atomic E-state index is -3.79. The fourth-order valence-electron chi connectivity index (χ4n) is 5.02. The lowest BCUT2D eigenvalue weighted by Gasteiger charge is -2.31. The number of aliphatic carboxylic acids is 1. The van der Waals surface area contributed by atoms with Crippen LogP contribution in [0.25, 0.3) is 0 Å². The zero-order chi connectivity index (χ0) is 25.8. The number of β-amino-alcohol motifs (C(OH)–C–C–N with tert-alkyl or cyclic N) is 1. The smallest absolute Gasteiger partial charge is 0.303 e. The first-order valence-electron chi connectivity index (χ1n) is 12.1. The summed E-state index contributed by atoms with van der Waals surface area (Å²) in [6.45, 7) is 6.21. The van der Waals surface area contributed by atoms with Gasteiger partial charge in [0.25, 0.3) is 0 Å². The molecule has 0 unspecified atom stereocenters. The van der Waals surface area contributed by atoms with Gasteiger partial charge in [-0.25, -0.2) is 8.42 Å². The van der Waals surface area contributed by atoms with Crippen molar-refractivity contribution in [3.8, 4) is 0 Å². The Bertz CT molecular complexity index is 1120. The summed E-state index contributed by atoms with van der Waals surface area (Å²) in [4.78, 5) is 11.0. The summed E-state index contributed by atoms with van der Waals surface area (Å²) >= 11 is 0. The van der Waals surface area contributed by atoms with Gasteiger partial charge in [0.1, 0.15) is 0 Å². The molecule has 0 spiro atoms. The average molecular weight is 503 g/mol. The molecule has 0 aromatic heterocycles. The molecule has 35 heavy (non-hydrogen) atoms. The van der Waals surface area contributed by atoms with E-state index in [1.165, 1.54) is 28.5 Å². The third-order valence-electron chi connectivity index (χ3n) is 6.77. The number of benzene rings is 2. The van der Waals surface area contributed by atoms with Crippen LogP contribution in [-0.4, -0.2) is 60.7 Å². The lowest BCUT2D eigenvalue weighted by molar-refractivity contribution is -0.136. The second-order valence-electron chi connectivity index (χ2n) is 10.4. The Morgan fingerprint density at radius 1 is 1.17 bits per heavy atom. The molecule has 3 N–H and O–H groups in total. The molecule has 7 nitrogen and oxygen atoms in total. The van der Waals surface area contributed by atoms with Gasteiger partial charge in [0.15, 0.2) is 0 Å². The third-order valence-corrected chi connectivity index (χ3v) is 8.76. The standard InChI is InChI=1S/C27H38N2O5S/c1-19-13-20(10-12-26(31)32)9-11-25(19)35(33,34)29(4)18-24(30)17-28-27(2,3)16-21-14-22-7-5-6-8-23(22)15-21/h5-9,11,13,21,24,28,30H,10,12,14-18H2,1-4H3,(H,31,32)/t24-/m1/s1. The number of sulfonamides is 1. The minimum Gasteiger partial charge on any atom is -0.481 e. The number of likely N-dealkylation sites (N-methyl/N-ethyl adjacent to an activating group) is 1. The number of carboxylic acid groups (broad SMARTS) is 1. The summed E-state index contributed by atoms with van der Waals surface area (Å²) < 4.78 is 27.4. The summed E-state index contributed by atoms with van der Waals surface area (Å²) in [7, 11) is -2.32. The molecule has 192 valence electrons. The largest absolute Gasteiger partial charge is 0.481 e. The van der Waals surface area contributed by atoms with Gasteiger partial charge in [-0.1, -0.05) is 36.4 Å². The van der Waals surface area contributed by atoms with Crippen LogP contribution in [0.4, 0.5) is 0 Å². The van der Waals surface area contributed by atoms with Gasteiger partial charge in [-0.15, -0.1) is 0 Å². The van der Waals surface area contributed by atoms with Gasteiger partial charge in [0, 0.05) is 32.1 Å². The summed E-state index contributed by atoms with van der Waals surface area (Å²) in [6, 6.07) is 13.4. The number of aryl methyl sites for hydroxylation is 2. The van der Waals surface area contributed by atoms with Crippen molar-refractivity contribution in [2.45, 2.75) is 69.4 Å². The first-order chi connectivity index (χ1) is 16.4. The van der Waals surface area contributed by atoms with Crippen molar-refractivity contribution in [1.29, 1.82) is 0 Å². The third kappa shape index (κ3) is 7.36. The molecule has 2 aromatic rings. The molecule has 0 fully saturated rings. The molecule has 1 aliphatic carbocycles. The van der Waals surface area contributed by atoms with Crippen LogP contribution in [0.2, 0.25) is 0 Å². The molecule has 3 rings (SSSR count). The zero-order valence-corrected chi connectivity index (χ0v) is 21.9. The van der Waals surface area contributed by atoms with Crippen LogP contribution in [0.1, 0.15) is 48.9 Å². The molecule has 0 radical (unpaired) electrons. The van der Waals surface area contributed by atoms with Gasteiger partial charge in [0.2, 0.25) is 10.0 Å². The van der Waals surface area contributed by atoms with Crippen LogP contribution < -0.4 is 5.32 Å². The fourth-order valence-corrected chi connectivity index (χ4v) is 6.43. The maximum Gasteiger partial charge on any atom is 0.303 e. The average Bonchev–Trinajstić information content (AvgIpc) is 3.17. The van der Waals surface area contributed by atoms with Crippen LogP contribution in [0.5, 0.6) is 0 Å². The number of hydrogen-bond donors (Lipinski definition) is 3. The highest BCUT2D eigenvalue weighted by Gasteiger charge is 2.29. The topological polar surface area (TPSA) is 107 Å². The Morgan fingerprint density at radius 3 is 2.37 bits per heavy atom. The van der Waals surface area contributed by atoms with E-state index in [9.17, 15) is 18.3 Å². The van der Waals surface area contributed by atoms with E-state index in [4.69, 9.17) is 5.11 Å². The molecule has 1 atom stereocenters. The highest BCUT2D eigenvalue weighted by Crippen LogP contribution is 2.32. The van der Waals surface area contributed by atoms with Crippen molar-refractivity contribution in [3.05, 3.63) is 64.7 Å². The Hall–Kier alpha value is -2.26. The van der Waals surface area contributed by atoms with Crippen LogP contribution in [0, 0.1) is 12.8 Å². The number of fused-ring (bicyclic) bond motifs is 1. The number of carboxylic acids is 1. The number of rotatable bonds is 12. The van der Waals surface area contributed by atoms with Crippen molar-refractivity contribution in [1.82, 2.24) is 9.62 Å². The Morgan fingerprint density at radius 2 is 1.80 bits per heavy atom. The van der Waals surface area contributed by atoms with E-state index in [1.54, 1.807) is 19.1 Å². The molecule has 0 saturated carbocycles. The first kappa shape index (κ1) is 27.3. The molecule has 0 amide bonds. The second kappa shape index (κ2) is 11.2. The van der Waals surface area contributed by atoms with Crippen LogP contribution in [0.15, 0.2) is 47.4 Å². The van der Waals surface area contributed by atoms with Gasteiger partial charge in [0.05, 0.1) is 11.0 Å². The molecule has 0 heterocycles. The van der Waals surface area contributed by atoms with Gasteiger partial charge < -0.3 is 15.5 Å². The number of aliphatic hydroxyl groups excluding tert-OH is 1. The number of carbonyl (C=O) groups is 1. The molecular weight excluding hydrogens is 464 g/mol. The Balaban J connectivity index is 1.52. The van der Waals surface area contributed by atoms with Crippen molar-refractivity contribution in [2.75, 3.05) is 20.1 Å². The lowest BCUT2D eigenvalue weighted by atomic mass is 9.88. The maximum atomic E-state index is 13.1. The monoisotopic (exact) mass is 502 g/mol. The Kier molecular flexibility index (Phi) is 8.75. The quantitative estimate of drug-likeness (QED) is 0.412. The van der Waals surface area contributed by atoms with Crippen LogP contribution in [-0.2, 0) is 34.1 Å². The predicted octanol–water partition coefficient (Wildman–Crippen LogP) is 3.17. The van der Waals surface area contributed by atoms with E-state index >= 15 is 0 Å². The van der Waals surface area contributed by atoms with Crippen molar-refractivity contribution in [3.63, 3.8) is 0 Å². The maximum absolute atomic E-state index is 13.1. The van der Waals surface area contributed by atoms with E-state index in [0.717, 1.165) is 24.8 Å². The van der Waals surface area contributed by atoms with Crippen LogP contribution >= 0.6 is 0 Å². The van der Waals surface area contributed by atoms with Gasteiger partial charge in [-0.3, -0.25) is 4.79 Å². The number of nitrogens with zero attached hydrogens (tertiary/aromatic N) is 1. The van der Waals surface area contributed by atoms with Crippen molar-refractivity contribution in [2.24, 2.45) is 5.92 Å². The molecular formula is C27H38N2O5S. The highest BCUT2D eigenvalue weighted by atomic mass is 32.2. The second-order valence-corrected chi connectivity index (χ2v) is 12.5. The fraction of sp³-hybridized carbons (Fsp3) is 0.519. The summed E-state index contributed by atoms with van der Waals surface area (Å²) in [5, 5.41) is 22.9. The highest BCUT2D eigenvalue weighted by molar-refractivity contribution is 7.89. The normalized spacial score (nSPS) is 15.4. The molecule has 0 saturated heterocycles. The van der Waals surface area contributed by atoms with Crippen LogP contribution in [0.3, 0.4) is 0 Å². The van der Waals surface area contributed by atoms with Gasteiger partial charge in [-0.05, 0) is 80.7 Å². The lowest BCUT2D eigenvalue weighted by Crippen LogP contribution is -2.47. The summed E-state index contributed by atoms with van der Waals surface area (Å²) in [5.74, 6) is -0.338. The molecule has 8 heteroatoms. The van der Waals surface area contributed by atoms with E-state index in [-0.39, 0.29) is 23.4 Å². The molecule has 0 aliphatic heterocycles. The SMILES string of the molecule is Cc1cc(CCC(=O)O)ccc1S(=O)(=O)N(C)C[C@H](O)CNC(C)(C)CC1Cc2ccccc2C1. The van der Waals surface area contributed by atoms with Crippen molar-refractivity contribution >= 4 is 16.0 Å².